The molecular formula is C37H58N4O9. The summed E-state index contributed by atoms with van der Waals surface area (Å²) in [5.74, 6) is -2.52. The number of likely N-dealkylation sites (tertiary alicyclic amines) is 1. The largest absolute Gasteiger partial charge is 0.476 e. The number of nitrogens with one attached hydrogen (secondary N) is 1. The number of aliphatic hydroxyl groups is 1. The number of ether oxygens (including phenoxy) is 4. The maximum absolute atomic E-state index is 14.7. The van der Waals surface area contributed by atoms with Gasteiger partial charge in [0.2, 0.25) is 11.8 Å². The van der Waals surface area contributed by atoms with E-state index >= 15 is 0 Å². The maximum atomic E-state index is 14.7. The van der Waals surface area contributed by atoms with E-state index in [1.54, 1.807) is 62.6 Å². The maximum Gasteiger partial charge on any atom is 0.410 e. The Morgan fingerprint density at radius 1 is 1.08 bits per heavy atom. The van der Waals surface area contributed by atoms with Gasteiger partial charge in [0.25, 0.3) is 5.91 Å². The standard InChI is InChI=1S/C37H58N4O9/c1-10-47-17-16-40-29-19-26(14-15-30(29)49-37(8,9)34(40)45)41(25-12-13-25)33(44)28-21-39(35(46)50-36(5,6)7)20-27(31(28)42)32(43)38-24(18-23(3)4)22-48-11-2/h14-15,19,23-25,27-28,31,42H,10-13,16-18,20-22H2,1-9H3,(H,38,43). The Kier molecular flexibility index (Phi) is 12.8. The average Bonchev–Trinajstić information content (AvgIpc) is 3.86. The van der Waals surface area contributed by atoms with E-state index in [4.69, 9.17) is 18.9 Å². The van der Waals surface area contributed by atoms with E-state index in [9.17, 15) is 24.3 Å². The lowest BCUT2D eigenvalue weighted by molar-refractivity contribution is -0.141. The van der Waals surface area contributed by atoms with Crippen LogP contribution < -0.4 is 19.9 Å². The Labute approximate surface area is 296 Å². The number of rotatable bonds is 14. The fraction of sp³-hybridized carbons (Fsp3) is 0.730. The zero-order valence-electron chi connectivity index (χ0n) is 31.3. The summed E-state index contributed by atoms with van der Waals surface area (Å²) < 4.78 is 22.9. The predicted octanol–water partition coefficient (Wildman–Crippen LogP) is 4.13. The van der Waals surface area contributed by atoms with Crippen LogP contribution in [0.1, 0.15) is 81.6 Å². The summed E-state index contributed by atoms with van der Waals surface area (Å²) in [6.45, 7) is 18.2. The quantitative estimate of drug-likeness (QED) is 0.273. The monoisotopic (exact) mass is 702 g/mol. The smallest absolute Gasteiger partial charge is 0.410 e. The van der Waals surface area contributed by atoms with Crippen LogP contribution in [0.15, 0.2) is 18.2 Å². The second-order valence-electron chi connectivity index (χ2n) is 15.4. The summed E-state index contributed by atoms with van der Waals surface area (Å²) in [5, 5.41) is 14.8. The topological polar surface area (TPSA) is 147 Å². The van der Waals surface area contributed by atoms with Gasteiger partial charge in [0.05, 0.1) is 42.9 Å². The lowest BCUT2D eigenvalue weighted by Crippen LogP contribution is -2.61. The van der Waals surface area contributed by atoms with E-state index in [0.29, 0.717) is 56.5 Å². The predicted molar refractivity (Wildman–Crippen MR) is 189 cm³/mol. The third-order valence-electron chi connectivity index (χ3n) is 9.04. The molecule has 0 bridgehead atoms. The highest BCUT2D eigenvalue weighted by Crippen LogP contribution is 2.43. The number of anilines is 2. The van der Waals surface area contributed by atoms with Crippen LogP contribution in [-0.2, 0) is 28.6 Å². The molecule has 1 aromatic rings. The first-order chi connectivity index (χ1) is 23.5. The van der Waals surface area contributed by atoms with Crippen LogP contribution in [0.4, 0.5) is 16.2 Å². The number of aliphatic hydroxyl groups excluding tert-OH is 1. The molecule has 1 aliphatic carbocycles. The number of benzene rings is 1. The summed E-state index contributed by atoms with van der Waals surface area (Å²) in [5.41, 5.74) is -0.844. The molecule has 0 aromatic heterocycles. The first-order valence-corrected chi connectivity index (χ1v) is 18.1. The van der Waals surface area contributed by atoms with E-state index < -0.39 is 47.0 Å². The van der Waals surface area contributed by atoms with Crippen LogP contribution in [0, 0.1) is 17.8 Å². The molecule has 4 amide bonds. The number of carbonyl (C=O) groups excluding carboxylic acids is 4. The Bertz CT molecular complexity index is 1370. The van der Waals surface area contributed by atoms with Crippen LogP contribution in [0.2, 0.25) is 0 Å². The molecule has 13 nitrogen and oxygen atoms in total. The molecule has 3 aliphatic rings. The van der Waals surface area contributed by atoms with Crippen molar-refractivity contribution in [2.24, 2.45) is 17.8 Å². The van der Waals surface area contributed by atoms with Gasteiger partial charge >= 0.3 is 6.09 Å². The van der Waals surface area contributed by atoms with Crippen LogP contribution in [-0.4, -0.2) is 109 Å². The fourth-order valence-electron chi connectivity index (χ4n) is 6.55. The van der Waals surface area contributed by atoms with Gasteiger partial charge in [-0.05, 0) is 91.8 Å². The normalized spacial score (nSPS) is 22.5. The highest BCUT2D eigenvalue weighted by atomic mass is 16.6. The highest BCUT2D eigenvalue weighted by molar-refractivity contribution is 6.04. The van der Waals surface area contributed by atoms with Crippen molar-refractivity contribution in [3.63, 3.8) is 0 Å². The lowest BCUT2D eigenvalue weighted by atomic mass is 9.84. The SMILES string of the molecule is CCOCCN1C(=O)C(C)(C)Oc2ccc(N(C(=O)C3CN(C(=O)OC(C)(C)C)CC(C(=O)NC(COCC)CC(C)C)C3O)C3CC3)cc21. The molecule has 2 fully saturated rings. The summed E-state index contributed by atoms with van der Waals surface area (Å²) in [4.78, 5) is 60.1. The Morgan fingerprint density at radius 2 is 1.74 bits per heavy atom. The van der Waals surface area contributed by atoms with E-state index in [-0.39, 0.29) is 37.0 Å². The Balaban J connectivity index is 1.68. The second-order valence-corrected chi connectivity index (χ2v) is 15.4. The van der Waals surface area contributed by atoms with Crippen LogP contribution in [0.3, 0.4) is 0 Å². The summed E-state index contributed by atoms with van der Waals surface area (Å²) in [6, 6.07) is 4.84. The van der Waals surface area contributed by atoms with Crippen molar-refractivity contribution in [1.29, 1.82) is 0 Å². The molecule has 1 aromatic carbocycles. The molecular weight excluding hydrogens is 644 g/mol. The van der Waals surface area contributed by atoms with Crippen molar-refractivity contribution in [1.82, 2.24) is 10.2 Å². The number of carbonyl (C=O) groups is 4. The van der Waals surface area contributed by atoms with Gasteiger partial charge in [0.1, 0.15) is 11.4 Å². The van der Waals surface area contributed by atoms with Crippen molar-refractivity contribution in [3.8, 4) is 5.75 Å². The van der Waals surface area contributed by atoms with E-state index in [1.165, 1.54) is 4.90 Å². The molecule has 0 radical (unpaired) electrons. The lowest BCUT2D eigenvalue weighted by Gasteiger charge is -2.42. The van der Waals surface area contributed by atoms with E-state index in [1.807, 2.05) is 27.7 Å². The van der Waals surface area contributed by atoms with Crippen molar-refractivity contribution in [3.05, 3.63) is 18.2 Å². The third-order valence-corrected chi connectivity index (χ3v) is 9.04. The van der Waals surface area contributed by atoms with E-state index in [0.717, 1.165) is 12.8 Å². The molecule has 2 aliphatic heterocycles. The Hall–Kier alpha value is -3.42. The average molecular weight is 703 g/mol. The van der Waals surface area contributed by atoms with E-state index in [2.05, 4.69) is 5.32 Å². The van der Waals surface area contributed by atoms with Crippen molar-refractivity contribution in [2.75, 3.05) is 55.9 Å². The van der Waals surface area contributed by atoms with Crippen LogP contribution in [0.25, 0.3) is 0 Å². The van der Waals surface area contributed by atoms with Gasteiger partial charge in [-0.25, -0.2) is 4.79 Å². The van der Waals surface area contributed by atoms with Gasteiger partial charge in [-0.2, -0.15) is 0 Å². The molecule has 4 unspecified atom stereocenters. The van der Waals surface area contributed by atoms with Crippen LogP contribution in [0.5, 0.6) is 5.75 Å². The number of hydrogen-bond acceptors (Lipinski definition) is 9. The van der Waals surface area contributed by atoms with Crippen molar-refractivity contribution < 1.29 is 43.2 Å². The molecule has 1 saturated carbocycles. The third kappa shape index (κ3) is 9.67. The highest BCUT2D eigenvalue weighted by Gasteiger charge is 2.49. The zero-order valence-corrected chi connectivity index (χ0v) is 31.3. The first-order valence-electron chi connectivity index (χ1n) is 18.1. The van der Waals surface area contributed by atoms with Crippen molar-refractivity contribution >= 4 is 35.2 Å². The number of nitrogens with zero attached hydrogens (tertiary/aromatic N) is 3. The molecule has 2 heterocycles. The molecule has 4 atom stereocenters. The first kappa shape index (κ1) is 39.4. The molecule has 4 rings (SSSR count). The fourth-order valence-corrected chi connectivity index (χ4v) is 6.55. The number of hydrogen-bond donors (Lipinski definition) is 2. The minimum atomic E-state index is -1.37. The van der Waals surface area contributed by atoms with Crippen LogP contribution >= 0.6 is 0 Å². The van der Waals surface area contributed by atoms with Gasteiger partial charge in [-0.3, -0.25) is 14.4 Å². The molecule has 1 saturated heterocycles. The summed E-state index contributed by atoms with van der Waals surface area (Å²) in [7, 11) is 0. The number of amides is 4. The van der Waals surface area contributed by atoms with Gasteiger partial charge in [-0.1, -0.05) is 13.8 Å². The van der Waals surface area contributed by atoms with Crippen molar-refractivity contribution in [2.45, 2.75) is 111 Å². The minimum absolute atomic E-state index is 0.110. The van der Waals surface area contributed by atoms with Gasteiger partial charge in [0.15, 0.2) is 5.60 Å². The summed E-state index contributed by atoms with van der Waals surface area (Å²) >= 11 is 0. The number of piperidine rings is 1. The second kappa shape index (κ2) is 16.3. The molecule has 13 heteroatoms. The van der Waals surface area contributed by atoms with Gasteiger partial charge in [-0.15, -0.1) is 0 Å². The molecule has 0 spiro atoms. The Morgan fingerprint density at radius 3 is 2.34 bits per heavy atom. The number of fused-ring (bicyclic) bond motifs is 1. The minimum Gasteiger partial charge on any atom is -0.476 e. The summed E-state index contributed by atoms with van der Waals surface area (Å²) in [6.07, 6.45) is 0.112. The zero-order chi connectivity index (χ0) is 37.0. The molecule has 50 heavy (non-hydrogen) atoms. The van der Waals surface area contributed by atoms with Gasteiger partial charge in [0, 0.05) is 44.6 Å². The molecule has 280 valence electrons. The van der Waals surface area contributed by atoms with Gasteiger partial charge < -0.3 is 44.1 Å². The molecule has 2 N–H and O–H groups in total.